The third-order valence-electron chi connectivity index (χ3n) is 4.75. The Morgan fingerprint density at radius 2 is 1.90 bits per heavy atom. The lowest BCUT2D eigenvalue weighted by atomic mass is 10.1. The highest BCUT2D eigenvalue weighted by molar-refractivity contribution is 5.81. The largest absolute Gasteiger partial charge is 0.494 e. The van der Waals surface area contributed by atoms with Gasteiger partial charge in [-0.2, -0.15) is 5.10 Å². The van der Waals surface area contributed by atoms with Crippen LogP contribution in [0.5, 0.6) is 17.2 Å². The van der Waals surface area contributed by atoms with Crippen molar-refractivity contribution >= 4 is 5.91 Å². The van der Waals surface area contributed by atoms with Gasteiger partial charge in [-0.25, -0.2) is 4.68 Å². The minimum Gasteiger partial charge on any atom is -0.494 e. The number of nitrogens with one attached hydrogen (secondary N) is 1. The molecule has 1 aliphatic rings. The molecule has 1 atom stereocenters. The number of ether oxygens (including phenoxy) is 3. The first kappa shape index (κ1) is 20.5. The molecule has 4 rings (SSSR count). The molecular formula is C23H23N3O5. The van der Waals surface area contributed by atoms with Crippen molar-refractivity contribution < 1.29 is 19.0 Å². The monoisotopic (exact) mass is 421 g/mol. The molecule has 0 bridgehead atoms. The van der Waals surface area contributed by atoms with Gasteiger partial charge in [0.1, 0.15) is 12.4 Å². The van der Waals surface area contributed by atoms with Gasteiger partial charge >= 0.3 is 0 Å². The first-order valence-corrected chi connectivity index (χ1v) is 10.1. The zero-order valence-electron chi connectivity index (χ0n) is 17.1. The second kappa shape index (κ2) is 9.34. The molecule has 8 heteroatoms. The summed E-state index contributed by atoms with van der Waals surface area (Å²) in [7, 11) is 0. The van der Waals surface area contributed by atoms with Crippen LogP contribution in [0, 0.1) is 0 Å². The maximum Gasteiger partial charge on any atom is 0.266 e. The van der Waals surface area contributed by atoms with E-state index in [0.29, 0.717) is 23.8 Å². The second-order valence-corrected chi connectivity index (χ2v) is 6.89. The van der Waals surface area contributed by atoms with Crippen LogP contribution in [-0.4, -0.2) is 41.6 Å². The molecule has 0 aliphatic carbocycles. The zero-order chi connectivity index (χ0) is 21.6. The van der Waals surface area contributed by atoms with Crippen LogP contribution in [0.15, 0.2) is 65.5 Å². The quantitative estimate of drug-likeness (QED) is 0.629. The number of carbonyl (C=O) groups excluding carboxylic acids is 1. The van der Waals surface area contributed by atoms with Crippen molar-refractivity contribution in [1.82, 2.24) is 15.1 Å². The molecule has 160 valence electrons. The molecular weight excluding hydrogens is 398 g/mol. The highest BCUT2D eigenvalue weighted by Crippen LogP contribution is 2.30. The molecule has 1 aromatic heterocycles. The number of aromatic nitrogens is 2. The molecule has 3 aromatic rings. The van der Waals surface area contributed by atoms with E-state index in [4.69, 9.17) is 14.2 Å². The Labute approximate surface area is 179 Å². The number of hydrogen-bond acceptors (Lipinski definition) is 6. The van der Waals surface area contributed by atoms with Gasteiger partial charge in [-0.05, 0) is 49.4 Å². The Morgan fingerprint density at radius 1 is 1.13 bits per heavy atom. The topological polar surface area (TPSA) is 91.7 Å². The second-order valence-electron chi connectivity index (χ2n) is 6.89. The minimum absolute atomic E-state index is 0.133. The lowest BCUT2D eigenvalue weighted by molar-refractivity contribution is -0.130. The van der Waals surface area contributed by atoms with Crippen LogP contribution >= 0.6 is 0 Å². The van der Waals surface area contributed by atoms with E-state index in [2.05, 4.69) is 10.4 Å². The minimum atomic E-state index is -0.741. The van der Waals surface area contributed by atoms with Gasteiger partial charge in [-0.3, -0.25) is 9.59 Å². The molecule has 1 N–H and O–H groups in total. The maximum absolute atomic E-state index is 12.4. The number of rotatable bonds is 7. The van der Waals surface area contributed by atoms with Crippen molar-refractivity contribution in [3.63, 3.8) is 0 Å². The summed E-state index contributed by atoms with van der Waals surface area (Å²) in [5, 5.41) is 7.19. The molecule has 0 fully saturated rings. The van der Waals surface area contributed by atoms with Gasteiger partial charge in [0.25, 0.3) is 11.5 Å². The lowest BCUT2D eigenvalue weighted by Gasteiger charge is -2.25. The van der Waals surface area contributed by atoms with Crippen LogP contribution in [0.1, 0.15) is 6.92 Å². The SMILES string of the molecule is CCOc1ccc(-c2ccc(=O)n(CCNC(=O)C3COc4ccccc4O3)n2)cc1. The summed E-state index contributed by atoms with van der Waals surface area (Å²) in [6.45, 7) is 3.13. The number of nitrogens with zero attached hydrogens (tertiary/aromatic N) is 2. The molecule has 0 saturated carbocycles. The highest BCUT2D eigenvalue weighted by atomic mass is 16.6. The van der Waals surface area contributed by atoms with Gasteiger partial charge in [0.2, 0.25) is 6.10 Å². The molecule has 8 nitrogen and oxygen atoms in total. The summed E-state index contributed by atoms with van der Waals surface area (Å²) in [4.78, 5) is 24.6. The van der Waals surface area contributed by atoms with Gasteiger partial charge in [-0.15, -0.1) is 0 Å². The van der Waals surface area contributed by atoms with Crippen LogP contribution < -0.4 is 25.1 Å². The summed E-state index contributed by atoms with van der Waals surface area (Å²) in [5.41, 5.74) is 1.29. The van der Waals surface area contributed by atoms with Crippen molar-refractivity contribution in [2.45, 2.75) is 19.6 Å². The normalized spacial score (nSPS) is 14.7. The Kier molecular flexibility index (Phi) is 6.16. The van der Waals surface area contributed by atoms with Crippen LogP contribution in [-0.2, 0) is 11.3 Å². The Hall–Kier alpha value is -3.81. The van der Waals surface area contributed by atoms with Crippen molar-refractivity contribution in [1.29, 1.82) is 0 Å². The molecule has 2 aromatic carbocycles. The highest BCUT2D eigenvalue weighted by Gasteiger charge is 2.26. The number of amides is 1. The molecule has 1 unspecified atom stereocenters. The van der Waals surface area contributed by atoms with Crippen LogP contribution in [0.4, 0.5) is 0 Å². The first-order chi connectivity index (χ1) is 15.1. The molecule has 1 amide bonds. The number of para-hydroxylation sites is 2. The molecule has 0 saturated heterocycles. The van der Waals surface area contributed by atoms with Crippen molar-refractivity contribution in [3.05, 3.63) is 71.0 Å². The number of hydrogen-bond donors (Lipinski definition) is 1. The van der Waals surface area contributed by atoms with Gasteiger partial charge in [0.15, 0.2) is 11.5 Å². The zero-order valence-corrected chi connectivity index (χ0v) is 17.1. The van der Waals surface area contributed by atoms with E-state index >= 15 is 0 Å². The van der Waals surface area contributed by atoms with E-state index in [-0.39, 0.29) is 31.2 Å². The number of fused-ring (bicyclic) bond motifs is 1. The number of benzene rings is 2. The van der Waals surface area contributed by atoms with Gasteiger partial charge < -0.3 is 19.5 Å². The van der Waals surface area contributed by atoms with Crippen LogP contribution in [0.3, 0.4) is 0 Å². The van der Waals surface area contributed by atoms with Crippen LogP contribution in [0.2, 0.25) is 0 Å². The van der Waals surface area contributed by atoms with E-state index in [1.807, 2.05) is 43.3 Å². The summed E-state index contributed by atoms with van der Waals surface area (Å²) < 4.78 is 18.0. The van der Waals surface area contributed by atoms with Crippen molar-refractivity contribution in [3.8, 4) is 28.5 Å². The lowest BCUT2D eigenvalue weighted by Crippen LogP contribution is -2.45. The third kappa shape index (κ3) is 4.85. The molecule has 0 radical (unpaired) electrons. The summed E-state index contributed by atoms with van der Waals surface area (Å²) in [6, 6.07) is 17.9. The molecule has 2 heterocycles. The summed E-state index contributed by atoms with van der Waals surface area (Å²) >= 11 is 0. The predicted molar refractivity (Wildman–Crippen MR) is 114 cm³/mol. The van der Waals surface area contributed by atoms with E-state index in [1.165, 1.54) is 10.7 Å². The van der Waals surface area contributed by atoms with Gasteiger partial charge in [-0.1, -0.05) is 12.1 Å². The fraction of sp³-hybridized carbons (Fsp3) is 0.261. The average Bonchev–Trinajstić information content (AvgIpc) is 2.80. The summed E-state index contributed by atoms with van der Waals surface area (Å²) in [5.74, 6) is 1.63. The van der Waals surface area contributed by atoms with E-state index in [0.717, 1.165) is 11.3 Å². The Morgan fingerprint density at radius 3 is 2.68 bits per heavy atom. The standard InChI is InChI=1S/C23H23N3O5/c1-2-29-17-9-7-16(8-10-17)18-11-12-22(27)26(25-18)14-13-24-23(28)21-15-30-19-5-3-4-6-20(19)31-21/h3-12,21H,2,13-15H2,1H3,(H,24,28). The third-order valence-corrected chi connectivity index (χ3v) is 4.75. The predicted octanol–water partition coefficient (Wildman–Crippen LogP) is 2.27. The van der Waals surface area contributed by atoms with Crippen molar-refractivity contribution in [2.24, 2.45) is 0 Å². The van der Waals surface area contributed by atoms with Crippen molar-refractivity contribution in [2.75, 3.05) is 19.8 Å². The fourth-order valence-corrected chi connectivity index (χ4v) is 3.20. The molecule has 0 spiro atoms. The maximum atomic E-state index is 12.4. The molecule has 31 heavy (non-hydrogen) atoms. The number of carbonyl (C=O) groups is 1. The Bertz CT molecular complexity index is 1110. The van der Waals surface area contributed by atoms with Gasteiger partial charge in [0.05, 0.1) is 18.8 Å². The summed E-state index contributed by atoms with van der Waals surface area (Å²) in [6.07, 6.45) is -0.741. The Balaban J connectivity index is 1.36. The van der Waals surface area contributed by atoms with E-state index < -0.39 is 6.10 Å². The van der Waals surface area contributed by atoms with E-state index in [1.54, 1.807) is 18.2 Å². The smallest absolute Gasteiger partial charge is 0.266 e. The average molecular weight is 421 g/mol. The molecule has 1 aliphatic heterocycles. The van der Waals surface area contributed by atoms with E-state index in [9.17, 15) is 9.59 Å². The van der Waals surface area contributed by atoms with Gasteiger partial charge in [0, 0.05) is 18.2 Å². The first-order valence-electron chi connectivity index (χ1n) is 10.1. The fourth-order valence-electron chi connectivity index (χ4n) is 3.20. The van der Waals surface area contributed by atoms with Crippen LogP contribution in [0.25, 0.3) is 11.3 Å².